The van der Waals surface area contributed by atoms with Gasteiger partial charge in [0.1, 0.15) is 17.1 Å². The number of hydrogen-bond donors (Lipinski definition) is 1. The number of fused-ring (bicyclic) bond motifs is 1. The van der Waals surface area contributed by atoms with Gasteiger partial charge >= 0.3 is 5.69 Å². The van der Waals surface area contributed by atoms with E-state index in [1.807, 2.05) is 6.92 Å². The first-order valence-electron chi connectivity index (χ1n) is 10.6. The Morgan fingerprint density at radius 3 is 2.61 bits per heavy atom. The fourth-order valence-corrected chi connectivity index (χ4v) is 5.20. The van der Waals surface area contributed by atoms with Gasteiger partial charge in [0, 0.05) is 17.3 Å². The predicted octanol–water partition coefficient (Wildman–Crippen LogP) is 3.37. The molecular weight excluding hydrogens is 469 g/mol. The Kier molecular flexibility index (Phi) is 6.78. The van der Waals surface area contributed by atoms with E-state index in [2.05, 4.69) is 15.5 Å². The van der Waals surface area contributed by atoms with Crippen molar-refractivity contribution in [2.75, 3.05) is 13.1 Å². The summed E-state index contributed by atoms with van der Waals surface area (Å²) >= 11 is 1.31. The van der Waals surface area contributed by atoms with Crippen LogP contribution >= 0.6 is 23.7 Å². The molecule has 1 aliphatic heterocycles. The van der Waals surface area contributed by atoms with Crippen molar-refractivity contribution in [3.05, 3.63) is 68.7 Å². The molecular formula is C22H23ClFN5O3S. The highest BCUT2D eigenvalue weighted by atomic mass is 35.5. The molecule has 0 unspecified atom stereocenters. The number of aromatic nitrogens is 4. The third-order valence-corrected chi connectivity index (χ3v) is 6.94. The summed E-state index contributed by atoms with van der Waals surface area (Å²) in [5, 5.41) is 7.19. The average molecular weight is 492 g/mol. The second-order valence-corrected chi connectivity index (χ2v) is 8.87. The fourth-order valence-electron chi connectivity index (χ4n) is 4.09. The number of piperidine rings is 1. The van der Waals surface area contributed by atoms with Gasteiger partial charge in [0.25, 0.3) is 5.56 Å². The Balaban J connectivity index is 0.00000259. The van der Waals surface area contributed by atoms with E-state index in [1.165, 1.54) is 32.6 Å². The lowest BCUT2D eigenvalue weighted by molar-refractivity contribution is 0.338. The molecule has 174 valence electrons. The lowest BCUT2D eigenvalue weighted by Gasteiger charge is -2.24. The zero-order chi connectivity index (χ0) is 22.2. The lowest BCUT2D eigenvalue weighted by Crippen LogP contribution is -2.45. The van der Waals surface area contributed by atoms with E-state index in [9.17, 15) is 14.0 Å². The number of thiophene rings is 1. The lowest BCUT2D eigenvalue weighted by atomic mass is 10.1. The molecule has 4 heterocycles. The van der Waals surface area contributed by atoms with E-state index in [0.717, 1.165) is 23.5 Å². The Morgan fingerprint density at radius 1 is 1.21 bits per heavy atom. The molecule has 0 amide bonds. The summed E-state index contributed by atoms with van der Waals surface area (Å²) in [6, 6.07) is 7.73. The number of hydrogen-bond acceptors (Lipinski definition) is 7. The molecule has 0 bridgehead atoms. The standard InChI is InChI=1S/C22H22FN5O3S.ClH/c1-2-18-25-19(31-26-18)12-27-16-11-17(13-3-5-14(23)6-4-13)32-20(16)21(29)28(22(27)30)15-7-9-24-10-8-15;/h3-6,11,15,24H,2,7-10,12H2,1H3;1H. The molecule has 0 saturated carbocycles. The molecule has 0 radical (unpaired) electrons. The van der Waals surface area contributed by atoms with Crippen LogP contribution in [0.5, 0.6) is 0 Å². The summed E-state index contributed by atoms with van der Waals surface area (Å²) in [4.78, 5) is 32.1. The van der Waals surface area contributed by atoms with Gasteiger partial charge in [-0.1, -0.05) is 24.2 Å². The molecule has 3 aromatic heterocycles. The fraction of sp³-hybridized carbons (Fsp3) is 0.364. The van der Waals surface area contributed by atoms with Crippen LogP contribution in [0.1, 0.15) is 37.5 Å². The van der Waals surface area contributed by atoms with Crippen LogP contribution in [0.2, 0.25) is 0 Å². The Morgan fingerprint density at radius 2 is 1.94 bits per heavy atom. The zero-order valence-electron chi connectivity index (χ0n) is 17.9. The van der Waals surface area contributed by atoms with Gasteiger partial charge in [0.05, 0.1) is 5.52 Å². The van der Waals surface area contributed by atoms with Gasteiger partial charge in [-0.25, -0.2) is 9.18 Å². The molecule has 11 heteroatoms. The van der Waals surface area contributed by atoms with Crippen LogP contribution in [0, 0.1) is 5.82 Å². The number of rotatable bonds is 5. The normalized spacial score (nSPS) is 14.5. The van der Waals surface area contributed by atoms with Crippen LogP contribution < -0.4 is 16.6 Å². The molecule has 0 spiro atoms. The van der Waals surface area contributed by atoms with Crippen molar-refractivity contribution in [1.82, 2.24) is 24.6 Å². The molecule has 1 saturated heterocycles. The van der Waals surface area contributed by atoms with Gasteiger partial charge in [0.2, 0.25) is 5.89 Å². The number of nitrogens with zero attached hydrogens (tertiary/aromatic N) is 4. The molecule has 4 aromatic rings. The summed E-state index contributed by atoms with van der Waals surface area (Å²) < 4.78 is 22.1. The molecule has 5 rings (SSSR count). The van der Waals surface area contributed by atoms with Crippen molar-refractivity contribution >= 4 is 34.0 Å². The number of aryl methyl sites for hydroxylation is 1. The Hall–Kier alpha value is -2.82. The molecule has 1 N–H and O–H groups in total. The molecule has 0 aliphatic carbocycles. The van der Waals surface area contributed by atoms with Gasteiger partial charge in [-0.3, -0.25) is 13.9 Å². The largest absolute Gasteiger partial charge is 0.337 e. The first-order chi connectivity index (χ1) is 15.5. The smallest absolute Gasteiger partial charge is 0.332 e. The maximum absolute atomic E-state index is 13.5. The Bertz CT molecular complexity index is 1390. The first-order valence-corrected chi connectivity index (χ1v) is 11.4. The molecule has 1 aromatic carbocycles. The van der Waals surface area contributed by atoms with Gasteiger partial charge in [-0.05, 0) is 49.7 Å². The minimum Gasteiger partial charge on any atom is -0.337 e. The second-order valence-electron chi connectivity index (χ2n) is 7.81. The van der Waals surface area contributed by atoms with Gasteiger partial charge < -0.3 is 9.84 Å². The molecule has 33 heavy (non-hydrogen) atoms. The molecule has 8 nitrogen and oxygen atoms in total. The van der Waals surface area contributed by atoms with Crippen LogP contribution in [0.3, 0.4) is 0 Å². The topological polar surface area (TPSA) is 95.0 Å². The maximum Gasteiger partial charge on any atom is 0.332 e. The number of halogens is 2. The highest BCUT2D eigenvalue weighted by Crippen LogP contribution is 2.32. The highest BCUT2D eigenvalue weighted by molar-refractivity contribution is 7.22. The molecule has 0 atom stereocenters. The summed E-state index contributed by atoms with van der Waals surface area (Å²) in [5.74, 6) is 0.548. The van der Waals surface area contributed by atoms with E-state index in [1.54, 1.807) is 18.2 Å². The summed E-state index contributed by atoms with van der Waals surface area (Å²) in [7, 11) is 0. The zero-order valence-corrected chi connectivity index (χ0v) is 19.5. The van der Waals surface area contributed by atoms with Crippen molar-refractivity contribution < 1.29 is 8.91 Å². The summed E-state index contributed by atoms with van der Waals surface area (Å²) in [6.45, 7) is 3.50. The predicted molar refractivity (Wildman–Crippen MR) is 127 cm³/mol. The average Bonchev–Trinajstić information content (AvgIpc) is 3.45. The van der Waals surface area contributed by atoms with Gasteiger partial charge in [0.15, 0.2) is 5.82 Å². The van der Waals surface area contributed by atoms with E-state index in [4.69, 9.17) is 4.52 Å². The van der Waals surface area contributed by atoms with E-state index >= 15 is 0 Å². The van der Waals surface area contributed by atoms with Gasteiger partial charge in [-0.15, -0.1) is 23.7 Å². The molecule has 1 fully saturated rings. The second kappa shape index (κ2) is 9.58. The number of nitrogens with one attached hydrogen (secondary N) is 1. The van der Waals surface area contributed by atoms with Crippen molar-refractivity contribution in [3.63, 3.8) is 0 Å². The third kappa shape index (κ3) is 4.38. The quantitative estimate of drug-likeness (QED) is 0.460. The molecule has 1 aliphatic rings. The SMILES string of the molecule is CCc1noc(Cn2c(=O)n(C3CCNCC3)c(=O)c3sc(-c4ccc(F)cc4)cc32)n1.Cl. The first kappa shape index (κ1) is 23.3. The van der Waals surface area contributed by atoms with E-state index in [0.29, 0.717) is 41.2 Å². The minimum atomic E-state index is -0.380. The summed E-state index contributed by atoms with van der Waals surface area (Å²) in [6.07, 6.45) is 2.03. The highest BCUT2D eigenvalue weighted by Gasteiger charge is 2.24. The van der Waals surface area contributed by atoms with Crippen molar-refractivity contribution in [1.29, 1.82) is 0 Å². The van der Waals surface area contributed by atoms with Crippen LogP contribution in [-0.2, 0) is 13.0 Å². The van der Waals surface area contributed by atoms with E-state index in [-0.39, 0.29) is 42.1 Å². The summed E-state index contributed by atoms with van der Waals surface area (Å²) in [5.41, 5.74) is 0.636. The van der Waals surface area contributed by atoms with Crippen molar-refractivity contribution in [2.45, 2.75) is 38.8 Å². The van der Waals surface area contributed by atoms with Gasteiger partial charge in [-0.2, -0.15) is 4.98 Å². The van der Waals surface area contributed by atoms with E-state index < -0.39 is 0 Å². The van der Waals surface area contributed by atoms with Crippen LogP contribution in [-0.4, -0.2) is 32.4 Å². The van der Waals surface area contributed by atoms with Crippen molar-refractivity contribution in [2.24, 2.45) is 0 Å². The third-order valence-electron chi connectivity index (χ3n) is 5.78. The Labute approximate surface area is 198 Å². The maximum atomic E-state index is 13.5. The monoisotopic (exact) mass is 491 g/mol. The minimum absolute atomic E-state index is 0. The van der Waals surface area contributed by atoms with Crippen molar-refractivity contribution in [3.8, 4) is 10.4 Å². The number of benzene rings is 1. The van der Waals surface area contributed by atoms with Crippen LogP contribution in [0.4, 0.5) is 4.39 Å². The van der Waals surface area contributed by atoms with Crippen LogP contribution in [0.25, 0.3) is 20.7 Å². The van der Waals surface area contributed by atoms with Crippen LogP contribution in [0.15, 0.2) is 44.4 Å².